The Morgan fingerprint density at radius 1 is 1.04 bits per heavy atom. The second-order valence-corrected chi connectivity index (χ2v) is 9.22. The summed E-state index contributed by atoms with van der Waals surface area (Å²) >= 11 is 0. The third kappa shape index (κ3) is 1.28. The van der Waals surface area contributed by atoms with E-state index in [0.717, 1.165) is 6.42 Å². The Bertz CT molecular complexity index is 681. The Morgan fingerprint density at radius 3 is 2.17 bits per heavy atom. The SMILES string of the molecule is CC(=O)O[C@@H]1[C@@H]2[C@H]3[C@]2(C)[C@H](OC(C)=O)[C@@]12C(C)(C)C(=O)CC[C@]32C. The minimum Gasteiger partial charge on any atom is -0.461 e. The largest absolute Gasteiger partial charge is 0.461 e. The Kier molecular flexibility index (Phi) is 2.72. The molecular formula is C19H26O5. The highest BCUT2D eigenvalue weighted by molar-refractivity contribution is 5.88. The van der Waals surface area contributed by atoms with Crippen LogP contribution >= 0.6 is 0 Å². The van der Waals surface area contributed by atoms with Crippen LogP contribution in [-0.2, 0) is 23.9 Å². The van der Waals surface area contributed by atoms with Gasteiger partial charge in [0.25, 0.3) is 0 Å². The highest BCUT2D eigenvalue weighted by Crippen LogP contribution is 2.94. The van der Waals surface area contributed by atoms with Crippen molar-refractivity contribution >= 4 is 17.7 Å². The standard InChI is InChI=1S/C19H26O5/c1-9(20)23-14-12-13-17(5)8-7-11(22)16(3,4)19(14,17)15(18(12,13)6)24-10(2)21/h12-15H,7-8H2,1-6H3/t12-,13+,14+,15-,17+,18+,19+/m0/s1. The minimum absolute atomic E-state index is 0.149. The third-order valence-corrected chi connectivity index (χ3v) is 8.20. The zero-order valence-electron chi connectivity index (χ0n) is 15.3. The summed E-state index contributed by atoms with van der Waals surface area (Å²) in [6, 6.07) is 0. The molecule has 4 bridgehead atoms. The average Bonchev–Trinajstić information content (AvgIpc) is 2.85. The minimum atomic E-state index is -0.693. The summed E-state index contributed by atoms with van der Waals surface area (Å²) in [5, 5.41) is 0. The van der Waals surface area contributed by atoms with Crippen molar-refractivity contribution in [1.82, 2.24) is 0 Å². The predicted octanol–water partition coefficient (Wildman–Crippen LogP) is 2.51. The van der Waals surface area contributed by atoms with Gasteiger partial charge < -0.3 is 9.47 Å². The first kappa shape index (κ1) is 16.1. The molecule has 24 heavy (non-hydrogen) atoms. The van der Waals surface area contributed by atoms with Crippen LogP contribution in [0.25, 0.3) is 0 Å². The van der Waals surface area contributed by atoms with Crippen LogP contribution in [0.1, 0.15) is 54.4 Å². The molecule has 7 atom stereocenters. The summed E-state index contributed by atoms with van der Waals surface area (Å²) in [6.45, 7) is 11.1. The maximum absolute atomic E-state index is 12.9. The molecule has 5 nitrogen and oxygen atoms in total. The summed E-state index contributed by atoms with van der Waals surface area (Å²) in [6.07, 6.45) is 0.607. The van der Waals surface area contributed by atoms with E-state index >= 15 is 0 Å². The third-order valence-electron chi connectivity index (χ3n) is 8.20. The van der Waals surface area contributed by atoms with Gasteiger partial charge in [-0.3, -0.25) is 14.4 Å². The van der Waals surface area contributed by atoms with E-state index < -0.39 is 10.8 Å². The van der Waals surface area contributed by atoms with Crippen molar-refractivity contribution < 1.29 is 23.9 Å². The Balaban J connectivity index is 1.96. The quantitative estimate of drug-likeness (QED) is 0.726. The zero-order valence-corrected chi connectivity index (χ0v) is 15.3. The van der Waals surface area contributed by atoms with Crippen LogP contribution in [0.15, 0.2) is 0 Å². The number of ether oxygens (including phenoxy) is 2. The van der Waals surface area contributed by atoms with E-state index in [1.807, 2.05) is 13.8 Å². The Hall–Kier alpha value is -1.39. The molecule has 132 valence electrons. The van der Waals surface area contributed by atoms with Crippen LogP contribution in [0.2, 0.25) is 0 Å². The van der Waals surface area contributed by atoms with Crippen molar-refractivity contribution in [2.24, 2.45) is 33.5 Å². The van der Waals surface area contributed by atoms with Crippen molar-refractivity contribution in [2.75, 3.05) is 0 Å². The molecule has 5 saturated carbocycles. The van der Waals surface area contributed by atoms with Crippen molar-refractivity contribution in [3.63, 3.8) is 0 Å². The number of hydrogen-bond acceptors (Lipinski definition) is 5. The van der Waals surface area contributed by atoms with Crippen molar-refractivity contribution in [2.45, 2.75) is 66.6 Å². The number of carbonyl (C=O) groups is 3. The predicted molar refractivity (Wildman–Crippen MR) is 84.8 cm³/mol. The van der Waals surface area contributed by atoms with Crippen LogP contribution in [0.5, 0.6) is 0 Å². The van der Waals surface area contributed by atoms with Gasteiger partial charge in [0.15, 0.2) is 0 Å². The van der Waals surface area contributed by atoms with Crippen molar-refractivity contribution in [1.29, 1.82) is 0 Å². The number of ketones is 1. The molecule has 0 heterocycles. The summed E-state index contributed by atoms with van der Waals surface area (Å²) in [5.41, 5.74) is -1.66. The lowest BCUT2D eigenvalue weighted by molar-refractivity contribution is -0.204. The lowest BCUT2D eigenvalue weighted by Crippen LogP contribution is -2.63. The highest BCUT2D eigenvalue weighted by Gasteiger charge is 2.99. The molecule has 5 aliphatic rings. The molecule has 0 unspecified atom stereocenters. The van der Waals surface area contributed by atoms with E-state index in [0.29, 0.717) is 12.3 Å². The number of Topliss-reactive ketones (excluding diaryl/α,β-unsaturated/α-hetero) is 1. The number of hydrogen-bond donors (Lipinski definition) is 0. The van der Waals surface area contributed by atoms with E-state index in [1.54, 1.807) is 0 Å². The summed E-state index contributed by atoms with van der Waals surface area (Å²) in [7, 11) is 0. The first-order chi connectivity index (χ1) is 11.0. The van der Waals surface area contributed by atoms with E-state index in [9.17, 15) is 14.4 Å². The molecule has 0 aliphatic heterocycles. The van der Waals surface area contributed by atoms with Crippen LogP contribution in [0.3, 0.4) is 0 Å². The maximum atomic E-state index is 12.9. The summed E-state index contributed by atoms with van der Waals surface area (Å²) < 4.78 is 11.7. The maximum Gasteiger partial charge on any atom is 0.302 e. The molecule has 0 aromatic rings. The van der Waals surface area contributed by atoms with E-state index in [1.165, 1.54) is 13.8 Å². The lowest BCUT2D eigenvalue weighted by atomic mass is 9.47. The zero-order chi connectivity index (χ0) is 17.9. The lowest BCUT2D eigenvalue weighted by Gasteiger charge is -2.57. The highest BCUT2D eigenvalue weighted by atomic mass is 16.6. The molecule has 0 aromatic heterocycles. The van der Waals surface area contributed by atoms with Gasteiger partial charge in [0.2, 0.25) is 0 Å². The second kappa shape index (κ2) is 4.05. The van der Waals surface area contributed by atoms with Crippen LogP contribution in [0, 0.1) is 33.5 Å². The van der Waals surface area contributed by atoms with Gasteiger partial charge in [-0.05, 0) is 17.8 Å². The fourth-order valence-electron chi connectivity index (χ4n) is 7.70. The topological polar surface area (TPSA) is 69.7 Å². The second-order valence-electron chi connectivity index (χ2n) is 9.22. The molecule has 0 saturated heterocycles. The smallest absolute Gasteiger partial charge is 0.302 e. The van der Waals surface area contributed by atoms with Gasteiger partial charge in [0, 0.05) is 37.0 Å². The molecule has 5 fully saturated rings. The van der Waals surface area contributed by atoms with Gasteiger partial charge in [0.1, 0.15) is 18.0 Å². The number of rotatable bonds is 2. The fourth-order valence-corrected chi connectivity index (χ4v) is 7.70. The van der Waals surface area contributed by atoms with Gasteiger partial charge in [-0.15, -0.1) is 0 Å². The monoisotopic (exact) mass is 334 g/mol. The number of carbonyl (C=O) groups excluding carboxylic acids is 3. The van der Waals surface area contributed by atoms with Crippen LogP contribution in [-0.4, -0.2) is 29.9 Å². The normalized spacial score (nSPS) is 52.7. The van der Waals surface area contributed by atoms with E-state index in [-0.39, 0.29) is 46.7 Å². The Morgan fingerprint density at radius 2 is 1.62 bits per heavy atom. The molecule has 1 spiro atoms. The Labute approximate surface area is 142 Å². The molecule has 5 aliphatic carbocycles. The molecule has 5 heteroatoms. The van der Waals surface area contributed by atoms with Gasteiger partial charge in [-0.25, -0.2) is 0 Å². The van der Waals surface area contributed by atoms with Crippen LogP contribution < -0.4 is 0 Å². The molecular weight excluding hydrogens is 308 g/mol. The molecule has 0 amide bonds. The van der Waals surface area contributed by atoms with Gasteiger partial charge >= 0.3 is 11.9 Å². The molecule has 5 rings (SSSR count). The first-order valence-electron chi connectivity index (χ1n) is 8.85. The first-order valence-corrected chi connectivity index (χ1v) is 8.85. The average molecular weight is 334 g/mol. The summed E-state index contributed by atoms with van der Waals surface area (Å²) in [5.74, 6) is 0.0484. The van der Waals surface area contributed by atoms with Gasteiger partial charge in [0.05, 0.1) is 5.41 Å². The van der Waals surface area contributed by atoms with Crippen molar-refractivity contribution in [3.8, 4) is 0 Å². The fraction of sp³-hybridized carbons (Fsp3) is 0.842. The van der Waals surface area contributed by atoms with Crippen LogP contribution in [0.4, 0.5) is 0 Å². The molecule has 0 aromatic carbocycles. The van der Waals surface area contributed by atoms with E-state index in [4.69, 9.17) is 9.47 Å². The van der Waals surface area contributed by atoms with Gasteiger partial charge in [-0.1, -0.05) is 27.7 Å². The van der Waals surface area contributed by atoms with Crippen molar-refractivity contribution in [3.05, 3.63) is 0 Å². The molecule has 0 radical (unpaired) electrons. The molecule has 0 N–H and O–H groups in total. The summed E-state index contributed by atoms with van der Waals surface area (Å²) in [4.78, 5) is 36.5. The van der Waals surface area contributed by atoms with E-state index in [2.05, 4.69) is 13.8 Å². The van der Waals surface area contributed by atoms with Gasteiger partial charge in [-0.2, -0.15) is 0 Å². The number of esters is 2.